The van der Waals surface area contributed by atoms with Gasteiger partial charge < -0.3 is 38.5 Å². The maximum atomic E-state index is 12.0. The van der Waals surface area contributed by atoms with E-state index in [2.05, 4.69) is 88.4 Å². The summed E-state index contributed by atoms with van der Waals surface area (Å²) in [6.07, 6.45) is 6.99. The summed E-state index contributed by atoms with van der Waals surface area (Å²) in [6, 6.07) is 32.7. The van der Waals surface area contributed by atoms with Gasteiger partial charge in [0, 0.05) is 79.5 Å². The van der Waals surface area contributed by atoms with Crippen LogP contribution in [0.2, 0.25) is 0 Å². The van der Waals surface area contributed by atoms with Gasteiger partial charge in [0.25, 0.3) is 6.47 Å². The quantitative estimate of drug-likeness (QED) is 0.00747. The van der Waals surface area contributed by atoms with Crippen molar-refractivity contribution in [3.63, 3.8) is 0 Å². The number of carbonyl (C=O) groups excluding carboxylic acids is 3. The minimum Gasteiger partial charge on any atom is -1.00 e. The summed E-state index contributed by atoms with van der Waals surface area (Å²) >= 11 is 8.75. The topological polar surface area (TPSA) is 260 Å². The molecule has 0 fully saturated rings. The predicted octanol–water partition coefficient (Wildman–Crippen LogP) is 10.1. The average Bonchev–Trinajstić information content (AvgIpc) is 1.88. The number of amides is 2. The van der Waals surface area contributed by atoms with E-state index in [-0.39, 0.29) is 174 Å². The van der Waals surface area contributed by atoms with Crippen molar-refractivity contribution in [3.8, 4) is 6.07 Å². The van der Waals surface area contributed by atoms with Crippen LogP contribution in [0.4, 0.5) is 26.3 Å². The summed E-state index contributed by atoms with van der Waals surface area (Å²) < 4.78 is 108. The summed E-state index contributed by atoms with van der Waals surface area (Å²) in [6.45, 7) is 13.0. The van der Waals surface area contributed by atoms with E-state index >= 15 is 0 Å². The molecule has 3 atom stereocenters. The van der Waals surface area contributed by atoms with Crippen LogP contribution in [0.5, 0.6) is 0 Å². The third-order valence-electron chi connectivity index (χ3n) is 9.01. The number of thioether (sulfide) groups is 1. The molecule has 7 N–H and O–H groups in total. The molecule has 3 unspecified atom stereocenters. The maximum Gasteiger partial charge on any atom is 1.00 e. The van der Waals surface area contributed by atoms with E-state index in [4.69, 9.17) is 26.2 Å². The molecule has 91 heavy (non-hydrogen) atoms. The summed E-state index contributed by atoms with van der Waals surface area (Å²) in [4.78, 5) is 35.7. The number of alkyl halides is 6. The van der Waals surface area contributed by atoms with E-state index in [0.717, 1.165) is 82.5 Å². The first-order valence-corrected chi connectivity index (χ1v) is 31.8. The van der Waals surface area contributed by atoms with Crippen LogP contribution in [0.15, 0.2) is 150 Å². The van der Waals surface area contributed by atoms with Gasteiger partial charge in [0.2, 0.25) is 0 Å². The van der Waals surface area contributed by atoms with Crippen LogP contribution in [0, 0.1) is 11.3 Å². The Labute approximate surface area is 658 Å². The molecule has 0 aliphatic heterocycles. The van der Waals surface area contributed by atoms with Crippen LogP contribution in [0.25, 0.3) is 12.2 Å². The van der Waals surface area contributed by atoms with Gasteiger partial charge in [-0.3, -0.25) is 27.0 Å². The van der Waals surface area contributed by atoms with E-state index in [9.17, 15) is 48.6 Å². The Hall–Kier alpha value is -1.55. The number of nitrogens with one attached hydrogen (secondary N) is 2. The van der Waals surface area contributed by atoms with E-state index in [0.29, 0.717) is 17.2 Å². The van der Waals surface area contributed by atoms with Gasteiger partial charge in [-0.15, -0.1) is 18.3 Å². The number of hydrogen-bond donors (Lipinski definition) is 4. The Morgan fingerprint density at radius 3 is 1.31 bits per heavy atom. The smallest absolute Gasteiger partial charge is 1.00 e. The largest absolute Gasteiger partial charge is 1.00 e. The molecule has 0 spiro atoms. The molecule has 4 rings (SSSR count). The van der Waals surface area contributed by atoms with Crippen LogP contribution in [-0.4, -0.2) is 104 Å². The van der Waals surface area contributed by atoms with Crippen molar-refractivity contribution in [2.45, 2.75) is 162 Å². The Morgan fingerprint density at radius 2 is 0.989 bits per heavy atom. The zero-order chi connectivity index (χ0) is 63.2. The number of unbranched alkanes of at least 4 members (excludes halogenated alkanes) is 4. The third-order valence-corrected chi connectivity index (χ3v) is 15.4. The van der Waals surface area contributed by atoms with Crippen molar-refractivity contribution in [3.05, 3.63) is 142 Å². The third kappa shape index (κ3) is 72.6. The van der Waals surface area contributed by atoms with E-state index < -0.39 is 56.6 Å². The molecular weight excluding hydrogens is 1450 g/mol. The molecule has 0 aliphatic rings. The number of nitrogens with zero attached hydrogens (tertiary/aromatic N) is 1. The van der Waals surface area contributed by atoms with Gasteiger partial charge in [0.15, 0.2) is 0 Å². The summed E-state index contributed by atoms with van der Waals surface area (Å²) in [5.74, 6) is -0.565. The molecule has 28 heteroatoms. The first kappa shape index (κ1) is 120. The molecule has 518 valence electrons. The number of aliphatic hydroxyl groups is 1. The Bertz CT molecular complexity index is 2550. The van der Waals surface area contributed by atoms with Crippen LogP contribution >= 0.6 is 43.6 Å². The van der Waals surface area contributed by atoms with E-state index in [1.807, 2.05) is 79.4 Å². The maximum absolute atomic E-state index is 12.0. The second-order valence-corrected chi connectivity index (χ2v) is 23.3. The molecule has 2 amide bonds. The van der Waals surface area contributed by atoms with Crippen molar-refractivity contribution in [2.75, 3.05) is 49.8 Å². The van der Waals surface area contributed by atoms with Gasteiger partial charge in [-0.25, -0.2) is 0 Å². The fraction of sp³-hybridized carbons (Fsp3) is 0.460. The first-order chi connectivity index (χ1) is 39.0. The Balaban J connectivity index is -0.0000000661. The zero-order valence-corrected chi connectivity index (χ0v) is 62.1. The van der Waals surface area contributed by atoms with Gasteiger partial charge in [0.1, 0.15) is 0 Å². The van der Waals surface area contributed by atoms with Gasteiger partial charge >= 0.3 is 127 Å². The fourth-order valence-electron chi connectivity index (χ4n) is 5.12. The van der Waals surface area contributed by atoms with Gasteiger partial charge in [-0.05, 0) is 103 Å². The summed E-state index contributed by atoms with van der Waals surface area (Å²) in [5, 5.41) is 26.1. The Morgan fingerprint density at radius 1 is 0.659 bits per heavy atom. The monoisotopic (exact) mass is 1550 g/mol. The van der Waals surface area contributed by atoms with Crippen molar-refractivity contribution < 1.29 is 178 Å². The van der Waals surface area contributed by atoms with Crippen molar-refractivity contribution in [2.24, 2.45) is 5.73 Å². The molecule has 0 aliphatic carbocycles. The minimum absolute atomic E-state index is 0. The summed E-state index contributed by atoms with van der Waals surface area (Å²) in [7, 11) is -1.76. The van der Waals surface area contributed by atoms with Gasteiger partial charge in [-0.1, -0.05) is 197 Å². The second-order valence-electron chi connectivity index (χ2n) is 15.6. The van der Waals surface area contributed by atoms with Crippen LogP contribution in [0.1, 0.15) is 143 Å². The van der Waals surface area contributed by atoms with Crippen LogP contribution in [0.3, 0.4) is 0 Å². The van der Waals surface area contributed by atoms with Gasteiger partial charge in [0.05, 0.1) is 38.5 Å². The first-order valence-electron chi connectivity index (χ1n) is 25.3. The molecule has 0 radical (unpaired) electrons. The molecule has 4 aromatic rings. The average molecular weight is 1560 g/mol. The number of rotatable bonds is 24. The Kier molecular flexibility index (Phi) is 106. The van der Waals surface area contributed by atoms with E-state index in [1.54, 1.807) is 47.0 Å². The number of carbonyl (C=O) groups is 3. The summed E-state index contributed by atoms with van der Waals surface area (Å²) in [5.41, 5.74) is 7.18. The van der Waals surface area contributed by atoms with Crippen molar-refractivity contribution in [1.82, 2.24) is 10.6 Å². The number of nitrogens with two attached hydrogens (primary N) is 1. The van der Waals surface area contributed by atoms with E-state index in [1.165, 1.54) is 47.0 Å². The fourth-order valence-corrected chi connectivity index (χ4v) is 11.1. The van der Waals surface area contributed by atoms with Crippen LogP contribution in [-0.2, 0) is 51.7 Å². The number of benzene rings is 4. The number of hydrogen-bond acceptors (Lipinski definition) is 12. The molecule has 4 aromatic carbocycles. The van der Waals surface area contributed by atoms with Crippen LogP contribution < -0.4 is 124 Å². The molecular formula is C63H104Br2F6K2N4O10S4. The molecule has 0 saturated heterocycles. The predicted molar refractivity (Wildman–Crippen MR) is 372 cm³/mol. The van der Waals surface area contributed by atoms with Crippen molar-refractivity contribution in [1.29, 1.82) is 5.26 Å². The van der Waals surface area contributed by atoms with Crippen molar-refractivity contribution >= 4 is 106 Å². The normalized spacial score (nSPS) is 10.2. The second kappa shape index (κ2) is 80.9. The number of halogens is 8. The SMILES string of the molecule is C.C.C.C.C.C.C=CCNC(=O)C(F)(F)F.CC#N.CCCCS(=O)c1cccc(/C=C/CN)c1.CCCCS(=O)c1cccc(/C=C/CNC(=O)C(F)(F)F)c1.CCCCS(=O)c1cccc(Br)c1.CCCCSc1cccc(Br)c1.CO.O.O=CO[O-].[H-].[K+].[K+]. The molecule has 14 nitrogen and oxygen atoms in total. The molecule has 0 aromatic heterocycles. The zero-order valence-electron chi connectivity index (χ0n) is 50.4. The molecule has 0 saturated carbocycles. The number of nitriles is 1. The molecule has 0 bridgehead atoms. The number of aliphatic hydroxyl groups excluding tert-OH is 1. The standard InChI is InChI=1S/C15H18F3NO2S.C13H19NOS.C10H13BrOS.C10H13BrS.C5H6F3NO.C2H3N.CH2O3.CH4O.6CH4.2K.H2O.H/c1-2-3-10-22(21)13-8-4-6-12(11-13)7-5-9-19-14(20)15(16,17)18;1-2-3-10-16(15)13-8-4-6-12(11-13)7-5-9-14;1-2-3-7-13(12)10-6-4-5-9(11)8-10;1-2-3-7-12-10-6-4-5-9(11)8-10;1-2-3-9-4(10)5(6,7)8;1-2-3;2-1-4-3;1-2;;;;;;;;;;/h4-8,11H,2-3,9-10H2,1H3,(H,19,20);4-8,11H,2-3,9-10,14H2,1H3;4-6,8H,2-3,7H2,1H3;4-6,8H,2-3,7H2,1H3;2H,1,3H2,(H,9,10);1H3;1,3H;2H,1H3;6*1H4;;;1H2;/q;;;;;;;;;;;;;;2*+1;;-1/p-1/b2*7-5+;;;;;;;;;;;;;;;;. The molecule has 0 heterocycles. The minimum atomic E-state index is -4.87. The van der Waals surface area contributed by atoms with Gasteiger partial charge in [-0.2, -0.15) is 31.6 Å².